The Morgan fingerprint density at radius 2 is 2.22 bits per heavy atom. The Bertz CT molecular complexity index is 620. The Hall–Kier alpha value is -1.27. The zero-order chi connectivity index (χ0) is 13.3. The smallest absolute Gasteiger partial charge is 0.267 e. The third-order valence-electron chi connectivity index (χ3n) is 2.41. The molecule has 96 valence electrons. The van der Waals surface area contributed by atoms with Crippen LogP contribution in [0.25, 0.3) is 0 Å². The van der Waals surface area contributed by atoms with E-state index in [1.165, 1.54) is 11.8 Å². The van der Waals surface area contributed by atoms with E-state index < -0.39 is 0 Å². The van der Waals surface area contributed by atoms with Crippen molar-refractivity contribution >= 4 is 23.4 Å². The van der Waals surface area contributed by atoms with Gasteiger partial charge >= 0.3 is 5.69 Å². The highest BCUT2D eigenvalue weighted by Crippen LogP contribution is 2.30. The molecule has 0 saturated carbocycles. The number of halogens is 1. The van der Waals surface area contributed by atoms with Gasteiger partial charge in [-0.05, 0) is 44.2 Å². The first kappa shape index (κ1) is 13.2. The van der Waals surface area contributed by atoms with Crippen molar-refractivity contribution in [3.63, 3.8) is 0 Å². The molecule has 0 spiro atoms. The largest absolute Gasteiger partial charge is 0.344 e. The number of pyridine rings is 1. The normalized spacial score (nSPS) is 11.2. The van der Waals surface area contributed by atoms with E-state index in [-0.39, 0.29) is 11.7 Å². The van der Waals surface area contributed by atoms with Crippen LogP contribution in [-0.2, 0) is 0 Å². The summed E-state index contributed by atoms with van der Waals surface area (Å²) in [6.07, 6.45) is 1.70. The Balaban J connectivity index is 2.40. The number of rotatable bonds is 3. The third kappa shape index (κ3) is 2.59. The first-order chi connectivity index (χ1) is 8.49. The summed E-state index contributed by atoms with van der Waals surface area (Å²) in [5, 5.41) is 7.54. The quantitative estimate of drug-likeness (QED) is 0.880. The van der Waals surface area contributed by atoms with Crippen molar-refractivity contribution in [2.75, 3.05) is 0 Å². The molecule has 2 rings (SSSR count). The van der Waals surface area contributed by atoms with Gasteiger partial charge in [-0.25, -0.2) is 14.9 Å². The van der Waals surface area contributed by atoms with Gasteiger partial charge in [-0.2, -0.15) is 0 Å². The molecule has 0 atom stereocenters. The molecule has 2 aromatic heterocycles. The van der Waals surface area contributed by atoms with Crippen LogP contribution in [0.5, 0.6) is 0 Å². The average Bonchev–Trinajstić information content (AvgIpc) is 2.65. The highest BCUT2D eigenvalue weighted by Gasteiger charge is 2.14. The maximum absolute atomic E-state index is 11.6. The Morgan fingerprint density at radius 1 is 1.50 bits per heavy atom. The molecule has 0 amide bonds. The molecule has 0 fully saturated rings. The first-order valence-electron chi connectivity index (χ1n) is 5.46. The molecule has 1 N–H and O–H groups in total. The summed E-state index contributed by atoms with van der Waals surface area (Å²) in [5.41, 5.74) is 0.792. The van der Waals surface area contributed by atoms with Crippen molar-refractivity contribution in [3.05, 3.63) is 33.5 Å². The Morgan fingerprint density at radius 3 is 2.89 bits per heavy atom. The van der Waals surface area contributed by atoms with Crippen LogP contribution in [0.15, 0.2) is 27.1 Å². The van der Waals surface area contributed by atoms with Gasteiger partial charge in [0.2, 0.25) is 0 Å². The highest BCUT2D eigenvalue weighted by atomic mass is 35.5. The van der Waals surface area contributed by atoms with Crippen LogP contribution >= 0.6 is 23.4 Å². The lowest BCUT2D eigenvalue weighted by atomic mass is 10.3. The molecular weight excluding hydrogens is 272 g/mol. The van der Waals surface area contributed by atoms with E-state index in [1.807, 2.05) is 20.8 Å². The lowest BCUT2D eigenvalue weighted by Gasteiger charge is -2.09. The van der Waals surface area contributed by atoms with Crippen molar-refractivity contribution in [1.29, 1.82) is 0 Å². The molecule has 0 bridgehead atoms. The van der Waals surface area contributed by atoms with Crippen molar-refractivity contribution in [2.24, 2.45) is 0 Å². The minimum absolute atomic E-state index is 0.0522. The fraction of sp³-hybridized carbons (Fsp3) is 0.364. The minimum Gasteiger partial charge on any atom is -0.267 e. The molecule has 18 heavy (non-hydrogen) atoms. The summed E-state index contributed by atoms with van der Waals surface area (Å²) >= 11 is 7.27. The van der Waals surface area contributed by atoms with Crippen LogP contribution in [0.2, 0.25) is 5.15 Å². The molecule has 0 unspecified atom stereocenters. The SMILES string of the molecule is Cc1cnc(Cl)cc1Sc1n[nH]c(=O)n1C(C)C. The number of aromatic nitrogens is 4. The van der Waals surface area contributed by atoms with Crippen molar-refractivity contribution in [2.45, 2.75) is 36.9 Å². The van der Waals surface area contributed by atoms with E-state index in [4.69, 9.17) is 11.6 Å². The predicted octanol–water partition coefficient (Wildman–Crippen LogP) is 2.66. The fourth-order valence-corrected chi connectivity index (χ4v) is 2.79. The van der Waals surface area contributed by atoms with E-state index >= 15 is 0 Å². The summed E-state index contributed by atoms with van der Waals surface area (Å²) in [4.78, 5) is 16.6. The third-order valence-corrected chi connectivity index (χ3v) is 3.75. The molecule has 2 heterocycles. The maximum atomic E-state index is 11.6. The van der Waals surface area contributed by atoms with E-state index in [1.54, 1.807) is 16.8 Å². The van der Waals surface area contributed by atoms with Crippen LogP contribution < -0.4 is 5.69 Å². The van der Waals surface area contributed by atoms with Gasteiger partial charge in [0, 0.05) is 17.1 Å². The van der Waals surface area contributed by atoms with E-state index in [0.717, 1.165) is 10.5 Å². The van der Waals surface area contributed by atoms with Gasteiger partial charge in [-0.3, -0.25) is 4.57 Å². The van der Waals surface area contributed by atoms with Gasteiger partial charge in [0.15, 0.2) is 5.16 Å². The second-order valence-corrected chi connectivity index (χ2v) is 5.55. The van der Waals surface area contributed by atoms with Crippen LogP contribution in [-0.4, -0.2) is 19.7 Å². The van der Waals surface area contributed by atoms with Gasteiger partial charge in [0.25, 0.3) is 0 Å². The van der Waals surface area contributed by atoms with Gasteiger partial charge < -0.3 is 0 Å². The van der Waals surface area contributed by atoms with Crippen molar-refractivity contribution < 1.29 is 0 Å². The zero-order valence-corrected chi connectivity index (χ0v) is 11.8. The second kappa shape index (κ2) is 5.16. The van der Waals surface area contributed by atoms with Crippen LogP contribution in [0, 0.1) is 6.92 Å². The van der Waals surface area contributed by atoms with E-state index in [2.05, 4.69) is 15.2 Å². The zero-order valence-electron chi connectivity index (χ0n) is 10.3. The van der Waals surface area contributed by atoms with Crippen LogP contribution in [0.3, 0.4) is 0 Å². The molecular formula is C11H13ClN4OS. The van der Waals surface area contributed by atoms with Gasteiger partial charge in [0.05, 0.1) is 0 Å². The molecule has 0 aromatic carbocycles. The number of nitrogens with zero attached hydrogens (tertiary/aromatic N) is 3. The average molecular weight is 285 g/mol. The molecule has 0 aliphatic carbocycles. The molecule has 0 aliphatic rings. The van der Waals surface area contributed by atoms with Crippen molar-refractivity contribution in [3.8, 4) is 0 Å². The highest BCUT2D eigenvalue weighted by molar-refractivity contribution is 7.99. The maximum Gasteiger partial charge on any atom is 0.344 e. The standard InChI is InChI=1S/C11H13ClN4OS/c1-6(2)16-10(17)14-15-11(16)18-8-4-9(12)13-5-7(8)3/h4-6H,1-3H3,(H,14,17). The van der Waals surface area contributed by atoms with E-state index in [0.29, 0.717) is 10.3 Å². The number of aromatic amines is 1. The predicted molar refractivity (Wildman–Crippen MR) is 71.3 cm³/mol. The monoisotopic (exact) mass is 284 g/mol. The molecule has 0 aliphatic heterocycles. The minimum atomic E-state index is -0.203. The number of nitrogens with one attached hydrogen (secondary N) is 1. The fourth-order valence-electron chi connectivity index (χ4n) is 1.51. The number of hydrogen-bond donors (Lipinski definition) is 1. The van der Waals surface area contributed by atoms with Crippen LogP contribution in [0.4, 0.5) is 0 Å². The lowest BCUT2D eigenvalue weighted by Crippen LogP contribution is -2.19. The van der Waals surface area contributed by atoms with Gasteiger partial charge in [-0.1, -0.05) is 11.6 Å². The summed E-state index contributed by atoms with van der Waals surface area (Å²) in [7, 11) is 0. The van der Waals surface area contributed by atoms with Crippen molar-refractivity contribution in [1.82, 2.24) is 19.7 Å². The van der Waals surface area contributed by atoms with Crippen LogP contribution in [0.1, 0.15) is 25.5 Å². The molecule has 2 aromatic rings. The molecule has 0 saturated heterocycles. The summed E-state index contributed by atoms with van der Waals surface area (Å²) in [6, 6.07) is 1.82. The van der Waals surface area contributed by atoms with Gasteiger partial charge in [-0.15, -0.1) is 5.10 Å². The summed E-state index contributed by atoms with van der Waals surface area (Å²) in [5.74, 6) is 0. The number of aryl methyl sites for hydroxylation is 1. The Labute approximate surface area is 114 Å². The van der Waals surface area contributed by atoms with E-state index in [9.17, 15) is 4.79 Å². The lowest BCUT2D eigenvalue weighted by molar-refractivity contribution is 0.534. The molecule has 5 nitrogen and oxygen atoms in total. The topological polar surface area (TPSA) is 63.6 Å². The summed E-state index contributed by atoms with van der Waals surface area (Å²) < 4.78 is 1.61. The first-order valence-corrected chi connectivity index (χ1v) is 6.65. The molecule has 7 heteroatoms. The van der Waals surface area contributed by atoms with Gasteiger partial charge in [0.1, 0.15) is 5.15 Å². The molecule has 0 radical (unpaired) electrons. The number of hydrogen-bond acceptors (Lipinski definition) is 4. The second-order valence-electron chi connectivity index (χ2n) is 4.15. The number of H-pyrrole nitrogens is 1. The summed E-state index contributed by atoms with van der Waals surface area (Å²) in [6.45, 7) is 5.82. The Kier molecular flexibility index (Phi) is 3.77.